The van der Waals surface area contributed by atoms with Crippen LogP contribution in [0.2, 0.25) is 0 Å². The molecule has 22 heavy (non-hydrogen) atoms. The van der Waals surface area contributed by atoms with Gasteiger partial charge in [0.2, 0.25) is 5.91 Å². The average Bonchev–Trinajstić information content (AvgIpc) is 2.49. The van der Waals surface area contributed by atoms with Gasteiger partial charge in [0.25, 0.3) is 5.56 Å². The van der Waals surface area contributed by atoms with Gasteiger partial charge in [0.1, 0.15) is 5.82 Å². The Bertz CT molecular complexity index is 661. The highest BCUT2D eigenvalue weighted by atomic mass is 16.5. The number of methoxy groups -OCH3 is 1. The summed E-state index contributed by atoms with van der Waals surface area (Å²) in [7, 11) is 4.20. The second kappa shape index (κ2) is 8.01. The molecule has 0 bridgehead atoms. The molecule has 1 amide bonds. The van der Waals surface area contributed by atoms with Crippen LogP contribution in [0.15, 0.2) is 15.7 Å². The topological polar surface area (TPSA) is 111 Å². The van der Waals surface area contributed by atoms with Crippen molar-refractivity contribution in [3.05, 3.63) is 26.9 Å². The number of carbonyl (C=O) groups excluding carboxylic acids is 2. The van der Waals surface area contributed by atoms with Gasteiger partial charge < -0.3 is 15.4 Å². The standard InChI is InChI=1S/C13H20N4O5/c1-16-9(8-11(19)17(2)13(16)21)14-6-4-10(18)15-7-5-12(20)22-3/h8,14H,4-7H2,1-3H3,(H,15,18). The van der Waals surface area contributed by atoms with E-state index in [4.69, 9.17) is 0 Å². The highest BCUT2D eigenvalue weighted by Crippen LogP contribution is 1.98. The molecule has 0 aliphatic heterocycles. The second-order valence-corrected chi connectivity index (χ2v) is 4.62. The summed E-state index contributed by atoms with van der Waals surface area (Å²) in [5.41, 5.74) is -0.870. The molecule has 0 aliphatic carbocycles. The first-order valence-corrected chi connectivity index (χ1v) is 6.71. The molecule has 9 nitrogen and oxygen atoms in total. The van der Waals surface area contributed by atoms with Crippen molar-refractivity contribution in [3.8, 4) is 0 Å². The number of nitrogens with zero attached hydrogens (tertiary/aromatic N) is 2. The molecule has 0 aliphatic rings. The van der Waals surface area contributed by atoms with Gasteiger partial charge >= 0.3 is 11.7 Å². The Kier molecular flexibility index (Phi) is 6.36. The van der Waals surface area contributed by atoms with E-state index in [1.54, 1.807) is 0 Å². The fourth-order valence-corrected chi connectivity index (χ4v) is 1.70. The predicted molar refractivity (Wildman–Crippen MR) is 79.7 cm³/mol. The van der Waals surface area contributed by atoms with E-state index >= 15 is 0 Å². The average molecular weight is 312 g/mol. The smallest absolute Gasteiger partial charge is 0.332 e. The number of hydrogen-bond donors (Lipinski definition) is 2. The SMILES string of the molecule is COC(=O)CCNC(=O)CCNc1cc(=O)n(C)c(=O)n1C. The van der Waals surface area contributed by atoms with Crippen molar-refractivity contribution < 1.29 is 14.3 Å². The Morgan fingerprint density at radius 1 is 1.14 bits per heavy atom. The lowest BCUT2D eigenvalue weighted by Crippen LogP contribution is -2.37. The van der Waals surface area contributed by atoms with Crippen LogP contribution in [0.5, 0.6) is 0 Å². The van der Waals surface area contributed by atoms with Gasteiger partial charge in [0.05, 0.1) is 13.5 Å². The van der Waals surface area contributed by atoms with Crippen molar-refractivity contribution in [3.63, 3.8) is 0 Å². The summed E-state index contributed by atoms with van der Waals surface area (Å²) in [5, 5.41) is 5.43. The number of anilines is 1. The van der Waals surface area contributed by atoms with Crippen molar-refractivity contribution in [1.29, 1.82) is 0 Å². The van der Waals surface area contributed by atoms with E-state index in [1.165, 1.54) is 31.8 Å². The minimum atomic E-state index is -0.447. The summed E-state index contributed by atoms with van der Waals surface area (Å²) in [6, 6.07) is 1.29. The van der Waals surface area contributed by atoms with E-state index in [-0.39, 0.29) is 31.8 Å². The number of rotatable bonds is 7. The largest absolute Gasteiger partial charge is 0.469 e. The molecule has 1 heterocycles. The molecular weight excluding hydrogens is 292 g/mol. The van der Waals surface area contributed by atoms with Gasteiger partial charge in [0, 0.05) is 39.7 Å². The van der Waals surface area contributed by atoms with Crippen LogP contribution in [0.25, 0.3) is 0 Å². The Labute approximate surface area is 126 Å². The maximum Gasteiger partial charge on any atom is 0.332 e. The summed E-state index contributed by atoms with van der Waals surface area (Å²) in [5.74, 6) is -0.297. The molecule has 9 heteroatoms. The lowest BCUT2D eigenvalue weighted by Gasteiger charge is -2.11. The monoisotopic (exact) mass is 312 g/mol. The molecule has 0 fully saturated rings. The van der Waals surface area contributed by atoms with Crippen molar-refractivity contribution in [2.24, 2.45) is 14.1 Å². The zero-order chi connectivity index (χ0) is 16.7. The van der Waals surface area contributed by atoms with Crippen LogP contribution in [-0.2, 0) is 28.4 Å². The van der Waals surface area contributed by atoms with Gasteiger partial charge in [-0.05, 0) is 0 Å². The highest BCUT2D eigenvalue weighted by molar-refractivity contribution is 5.77. The zero-order valence-electron chi connectivity index (χ0n) is 12.8. The molecule has 2 N–H and O–H groups in total. The third-order valence-corrected chi connectivity index (χ3v) is 3.06. The Morgan fingerprint density at radius 2 is 1.82 bits per heavy atom. The first-order valence-electron chi connectivity index (χ1n) is 6.71. The van der Waals surface area contributed by atoms with Crippen LogP contribution in [0, 0.1) is 0 Å². The van der Waals surface area contributed by atoms with Crippen LogP contribution in [-0.4, -0.2) is 41.2 Å². The van der Waals surface area contributed by atoms with E-state index in [2.05, 4.69) is 15.4 Å². The maximum absolute atomic E-state index is 11.7. The van der Waals surface area contributed by atoms with E-state index in [0.29, 0.717) is 5.82 Å². The van der Waals surface area contributed by atoms with E-state index in [0.717, 1.165) is 4.57 Å². The van der Waals surface area contributed by atoms with Crippen molar-refractivity contribution in [1.82, 2.24) is 14.5 Å². The first-order chi connectivity index (χ1) is 10.4. The summed E-state index contributed by atoms with van der Waals surface area (Å²) in [4.78, 5) is 45.6. The van der Waals surface area contributed by atoms with Crippen LogP contribution in [0.3, 0.4) is 0 Å². The van der Waals surface area contributed by atoms with Gasteiger partial charge in [-0.3, -0.25) is 23.5 Å². The third-order valence-electron chi connectivity index (χ3n) is 3.06. The lowest BCUT2D eigenvalue weighted by molar-refractivity contribution is -0.140. The predicted octanol–water partition coefficient (Wildman–Crippen LogP) is -1.43. The van der Waals surface area contributed by atoms with Gasteiger partial charge in [-0.2, -0.15) is 0 Å². The van der Waals surface area contributed by atoms with Gasteiger partial charge in [-0.1, -0.05) is 0 Å². The summed E-state index contributed by atoms with van der Waals surface area (Å²) >= 11 is 0. The molecular formula is C13H20N4O5. The summed E-state index contributed by atoms with van der Waals surface area (Å²) in [6.45, 7) is 0.459. The molecule has 0 spiro atoms. The molecule has 0 aromatic carbocycles. The molecule has 1 aromatic heterocycles. The number of nitrogens with one attached hydrogen (secondary N) is 2. The quantitative estimate of drug-likeness (QED) is 0.597. The van der Waals surface area contributed by atoms with Crippen LogP contribution >= 0.6 is 0 Å². The molecule has 0 atom stereocenters. The van der Waals surface area contributed by atoms with Crippen LogP contribution in [0.4, 0.5) is 5.82 Å². The van der Waals surface area contributed by atoms with Crippen molar-refractivity contribution in [2.45, 2.75) is 12.8 Å². The summed E-state index contributed by atoms with van der Waals surface area (Å²) in [6.07, 6.45) is 0.253. The minimum Gasteiger partial charge on any atom is -0.469 e. The van der Waals surface area contributed by atoms with Crippen molar-refractivity contribution in [2.75, 3.05) is 25.5 Å². The zero-order valence-corrected chi connectivity index (χ0v) is 12.8. The maximum atomic E-state index is 11.7. The number of aromatic nitrogens is 2. The molecule has 0 saturated heterocycles. The number of ether oxygens (including phenoxy) is 1. The number of hydrogen-bond acceptors (Lipinski definition) is 6. The number of esters is 1. The van der Waals surface area contributed by atoms with Crippen LogP contribution in [0.1, 0.15) is 12.8 Å². The van der Waals surface area contributed by atoms with Gasteiger partial charge in [-0.25, -0.2) is 4.79 Å². The minimum absolute atomic E-state index is 0.110. The summed E-state index contributed by atoms with van der Waals surface area (Å²) < 4.78 is 6.73. The normalized spacial score (nSPS) is 10.1. The second-order valence-electron chi connectivity index (χ2n) is 4.62. The third kappa shape index (κ3) is 4.76. The van der Waals surface area contributed by atoms with Gasteiger partial charge in [-0.15, -0.1) is 0 Å². The fraction of sp³-hybridized carbons (Fsp3) is 0.538. The lowest BCUT2D eigenvalue weighted by atomic mass is 10.3. The van der Waals surface area contributed by atoms with Crippen LogP contribution < -0.4 is 21.9 Å². The Balaban J connectivity index is 2.45. The number of amides is 1. The highest BCUT2D eigenvalue weighted by Gasteiger charge is 2.07. The van der Waals surface area contributed by atoms with E-state index in [9.17, 15) is 19.2 Å². The Hall–Kier alpha value is -2.58. The molecule has 1 aromatic rings. The Morgan fingerprint density at radius 3 is 2.45 bits per heavy atom. The molecule has 122 valence electrons. The van der Waals surface area contributed by atoms with E-state index < -0.39 is 17.2 Å². The van der Waals surface area contributed by atoms with E-state index in [1.807, 2.05) is 0 Å². The van der Waals surface area contributed by atoms with Crippen molar-refractivity contribution >= 4 is 17.7 Å². The molecule has 1 rings (SSSR count). The first kappa shape index (κ1) is 17.5. The molecule has 0 radical (unpaired) electrons. The number of carbonyl (C=O) groups is 2. The fourth-order valence-electron chi connectivity index (χ4n) is 1.70. The molecule has 0 saturated carbocycles. The van der Waals surface area contributed by atoms with Gasteiger partial charge in [0.15, 0.2) is 0 Å². The molecule has 0 unspecified atom stereocenters.